The first kappa shape index (κ1) is 9.64. The number of hydrogen-bond acceptors (Lipinski definition) is 3. The van der Waals surface area contributed by atoms with Crippen molar-refractivity contribution in [1.29, 1.82) is 0 Å². The molecule has 0 aliphatic heterocycles. The predicted molar refractivity (Wildman–Crippen MR) is 47.5 cm³/mol. The molecule has 0 radical (unpaired) electrons. The van der Waals surface area contributed by atoms with Gasteiger partial charge in [-0.1, -0.05) is 0 Å². The third-order valence-electron chi connectivity index (χ3n) is 1.97. The number of halogens is 2. The topological polar surface area (TPSA) is 39.4 Å². The second-order valence-corrected chi connectivity index (χ2v) is 2.88. The molecule has 0 saturated carbocycles. The molecule has 0 aliphatic rings. The van der Waals surface area contributed by atoms with Crippen LogP contribution in [0.4, 0.5) is 8.78 Å². The molecule has 0 aliphatic carbocycles. The van der Waals surface area contributed by atoms with E-state index in [0.29, 0.717) is 5.39 Å². The van der Waals surface area contributed by atoms with Crippen LogP contribution in [0.5, 0.6) is 0 Å². The number of furan rings is 1. The minimum Gasteiger partial charge on any atom is -0.463 e. The highest BCUT2D eigenvalue weighted by molar-refractivity contribution is 5.92. The molecule has 1 aromatic heterocycles. The van der Waals surface area contributed by atoms with E-state index < -0.39 is 17.6 Å². The van der Waals surface area contributed by atoms with Gasteiger partial charge in [0.1, 0.15) is 0 Å². The number of carbonyl (C=O) groups excluding carboxylic acids is 1. The standard InChI is InChI=1S/C10H6F2O3/c1-14-10(13)7-4-5-2-3-6(11)8(12)9(5)15-7/h2-4H,1H3. The quantitative estimate of drug-likeness (QED) is 0.681. The van der Waals surface area contributed by atoms with Gasteiger partial charge in [-0.25, -0.2) is 9.18 Å². The molecule has 0 bridgehead atoms. The maximum absolute atomic E-state index is 13.2. The van der Waals surface area contributed by atoms with Crippen LogP contribution in [0.1, 0.15) is 10.6 Å². The van der Waals surface area contributed by atoms with E-state index in [0.717, 1.165) is 6.07 Å². The molecule has 1 heterocycles. The van der Waals surface area contributed by atoms with Crippen LogP contribution in [0.25, 0.3) is 11.0 Å². The fourth-order valence-corrected chi connectivity index (χ4v) is 1.25. The van der Waals surface area contributed by atoms with Gasteiger partial charge >= 0.3 is 5.97 Å². The lowest BCUT2D eigenvalue weighted by Crippen LogP contribution is -1.97. The Morgan fingerprint density at radius 3 is 2.80 bits per heavy atom. The van der Waals surface area contributed by atoms with Crippen LogP contribution in [0.2, 0.25) is 0 Å². The van der Waals surface area contributed by atoms with Crippen LogP contribution >= 0.6 is 0 Å². The minimum atomic E-state index is -1.11. The Balaban J connectivity index is 2.66. The number of methoxy groups -OCH3 is 1. The van der Waals surface area contributed by atoms with Crippen LogP contribution in [0.3, 0.4) is 0 Å². The number of benzene rings is 1. The van der Waals surface area contributed by atoms with Crippen LogP contribution in [0.15, 0.2) is 22.6 Å². The lowest BCUT2D eigenvalue weighted by atomic mass is 10.2. The summed E-state index contributed by atoms with van der Waals surface area (Å²) in [5, 5.41) is 0.314. The first-order valence-corrected chi connectivity index (χ1v) is 4.09. The molecule has 2 aromatic rings. The highest BCUT2D eigenvalue weighted by Crippen LogP contribution is 2.24. The summed E-state index contributed by atoms with van der Waals surface area (Å²) < 4.78 is 35.2. The van der Waals surface area contributed by atoms with Gasteiger partial charge in [0.05, 0.1) is 7.11 Å². The Morgan fingerprint density at radius 1 is 1.40 bits per heavy atom. The summed E-state index contributed by atoms with van der Waals surface area (Å²) in [6, 6.07) is 3.58. The summed E-state index contributed by atoms with van der Waals surface area (Å²) in [5.74, 6) is -3.01. The number of esters is 1. The maximum atomic E-state index is 13.2. The second kappa shape index (κ2) is 3.34. The van der Waals surface area contributed by atoms with Crippen molar-refractivity contribution in [3.8, 4) is 0 Å². The van der Waals surface area contributed by atoms with Crippen molar-refractivity contribution in [3.63, 3.8) is 0 Å². The molecule has 3 nitrogen and oxygen atoms in total. The van der Waals surface area contributed by atoms with Crippen LogP contribution < -0.4 is 0 Å². The summed E-state index contributed by atoms with van der Waals surface area (Å²) in [7, 11) is 1.17. The zero-order chi connectivity index (χ0) is 11.0. The lowest BCUT2D eigenvalue weighted by molar-refractivity contribution is 0.0567. The molecule has 0 atom stereocenters. The Labute approximate surface area is 83.2 Å². The summed E-state index contributed by atoms with van der Waals surface area (Å²) in [6.07, 6.45) is 0. The van der Waals surface area contributed by atoms with E-state index in [2.05, 4.69) is 4.74 Å². The molecule has 0 amide bonds. The van der Waals surface area contributed by atoms with Gasteiger partial charge in [-0.15, -0.1) is 0 Å². The van der Waals surface area contributed by atoms with Gasteiger partial charge in [0, 0.05) is 5.39 Å². The zero-order valence-electron chi connectivity index (χ0n) is 7.71. The highest BCUT2D eigenvalue weighted by Gasteiger charge is 2.16. The van der Waals surface area contributed by atoms with E-state index in [9.17, 15) is 13.6 Å². The Kier molecular flexibility index (Phi) is 2.15. The summed E-state index contributed by atoms with van der Waals surface area (Å²) in [5.41, 5.74) is -0.282. The average molecular weight is 212 g/mol. The molecule has 0 saturated heterocycles. The predicted octanol–water partition coefficient (Wildman–Crippen LogP) is 2.50. The number of carbonyl (C=O) groups is 1. The van der Waals surface area contributed by atoms with Gasteiger partial charge in [0.2, 0.25) is 11.6 Å². The molecular formula is C10H6F2O3. The van der Waals surface area contributed by atoms with Gasteiger partial charge in [-0.3, -0.25) is 0 Å². The Bertz CT molecular complexity index is 531. The number of hydrogen-bond donors (Lipinski definition) is 0. The second-order valence-electron chi connectivity index (χ2n) is 2.88. The Morgan fingerprint density at radius 2 is 2.13 bits per heavy atom. The zero-order valence-corrected chi connectivity index (χ0v) is 7.71. The first-order chi connectivity index (χ1) is 7.13. The van der Waals surface area contributed by atoms with Crippen molar-refractivity contribution in [2.75, 3.05) is 7.11 Å². The lowest BCUT2D eigenvalue weighted by Gasteiger charge is -1.92. The van der Waals surface area contributed by atoms with Crippen molar-refractivity contribution in [2.45, 2.75) is 0 Å². The number of fused-ring (bicyclic) bond motifs is 1. The van der Waals surface area contributed by atoms with E-state index >= 15 is 0 Å². The molecule has 0 fully saturated rings. The summed E-state index contributed by atoms with van der Waals surface area (Å²) in [6.45, 7) is 0. The van der Waals surface area contributed by atoms with Crippen molar-refractivity contribution >= 4 is 16.9 Å². The van der Waals surface area contributed by atoms with Gasteiger partial charge in [-0.2, -0.15) is 4.39 Å². The first-order valence-electron chi connectivity index (χ1n) is 4.09. The average Bonchev–Trinajstić information content (AvgIpc) is 2.67. The van der Waals surface area contributed by atoms with Crippen molar-refractivity contribution in [1.82, 2.24) is 0 Å². The third kappa shape index (κ3) is 1.45. The van der Waals surface area contributed by atoms with E-state index in [1.807, 2.05) is 0 Å². The summed E-state index contributed by atoms with van der Waals surface area (Å²) >= 11 is 0. The van der Waals surface area contributed by atoms with Gasteiger partial charge in [0.15, 0.2) is 11.4 Å². The normalized spacial score (nSPS) is 10.6. The monoisotopic (exact) mass is 212 g/mol. The molecule has 15 heavy (non-hydrogen) atoms. The third-order valence-corrected chi connectivity index (χ3v) is 1.97. The molecule has 0 unspecified atom stereocenters. The molecule has 78 valence electrons. The van der Waals surface area contributed by atoms with Gasteiger partial charge in [0.25, 0.3) is 0 Å². The van der Waals surface area contributed by atoms with Gasteiger partial charge < -0.3 is 9.15 Å². The smallest absolute Gasteiger partial charge is 0.373 e. The Hall–Kier alpha value is -1.91. The van der Waals surface area contributed by atoms with Crippen LogP contribution in [-0.2, 0) is 4.74 Å². The minimum absolute atomic E-state index is 0.156. The number of ether oxygens (including phenoxy) is 1. The molecule has 2 rings (SSSR count). The fourth-order valence-electron chi connectivity index (χ4n) is 1.25. The van der Waals surface area contributed by atoms with E-state index in [1.165, 1.54) is 19.2 Å². The highest BCUT2D eigenvalue weighted by atomic mass is 19.2. The van der Waals surface area contributed by atoms with Crippen molar-refractivity contribution in [2.24, 2.45) is 0 Å². The summed E-state index contributed by atoms with van der Waals surface area (Å²) in [4.78, 5) is 11.0. The van der Waals surface area contributed by atoms with Crippen LogP contribution in [0, 0.1) is 11.6 Å². The van der Waals surface area contributed by atoms with Crippen LogP contribution in [-0.4, -0.2) is 13.1 Å². The SMILES string of the molecule is COC(=O)c1cc2ccc(F)c(F)c2o1. The molecular weight excluding hydrogens is 206 g/mol. The van der Waals surface area contributed by atoms with E-state index in [-0.39, 0.29) is 11.3 Å². The molecule has 5 heteroatoms. The largest absolute Gasteiger partial charge is 0.463 e. The van der Waals surface area contributed by atoms with E-state index in [1.54, 1.807) is 0 Å². The van der Waals surface area contributed by atoms with Gasteiger partial charge in [-0.05, 0) is 18.2 Å². The van der Waals surface area contributed by atoms with Crippen molar-refractivity contribution < 1.29 is 22.7 Å². The maximum Gasteiger partial charge on any atom is 0.373 e. The molecule has 0 N–H and O–H groups in total. The molecule has 0 spiro atoms. The van der Waals surface area contributed by atoms with E-state index in [4.69, 9.17) is 4.42 Å². The van der Waals surface area contributed by atoms with Crippen molar-refractivity contribution in [3.05, 3.63) is 35.6 Å². The fraction of sp³-hybridized carbons (Fsp3) is 0.100. The number of rotatable bonds is 1. The molecule has 1 aromatic carbocycles.